The second-order valence-electron chi connectivity index (χ2n) is 4.18. The van der Waals surface area contributed by atoms with Crippen LogP contribution in [0.25, 0.3) is 0 Å². The molecule has 1 unspecified atom stereocenters. The zero-order valence-electron chi connectivity index (χ0n) is 10.5. The number of hydrogen-bond donors (Lipinski definition) is 1. The fourth-order valence-corrected chi connectivity index (χ4v) is 1.44. The van der Waals surface area contributed by atoms with Crippen molar-refractivity contribution in [1.82, 2.24) is 4.90 Å². The molecule has 4 heteroatoms. The number of carboxylic acids is 1. The summed E-state index contributed by atoms with van der Waals surface area (Å²) in [7, 11) is 1.55. The van der Waals surface area contributed by atoms with E-state index in [1.165, 1.54) is 24.7 Å². The quantitative estimate of drug-likeness (QED) is 0.650. The number of carbonyl (C=O) groups excluding carboxylic acids is 1. The average molecular weight is 229 g/mol. The van der Waals surface area contributed by atoms with Crippen molar-refractivity contribution < 1.29 is 14.7 Å². The number of amides is 1. The van der Waals surface area contributed by atoms with Crippen LogP contribution in [0.15, 0.2) is 0 Å². The number of aliphatic carboxylic acids is 1. The van der Waals surface area contributed by atoms with Crippen LogP contribution in [0.4, 0.5) is 0 Å². The van der Waals surface area contributed by atoms with E-state index in [2.05, 4.69) is 6.92 Å². The van der Waals surface area contributed by atoms with Crippen LogP contribution in [0, 0.1) is 0 Å². The molecule has 0 fully saturated rings. The Balaban J connectivity index is 3.75. The predicted octanol–water partition coefficient (Wildman–Crippen LogP) is 2.28. The van der Waals surface area contributed by atoms with Crippen LogP contribution in [0.5, 0.6) is 0 Å². The molecule has 0 radical (unpaired) electrons. The van der Waals surface area contributed by atoms with Crippen molar-refractivity contribution >= 4 is 11.9 Å². The van der Waals surface area contributed by atoms with Gasteiger partial charge in [-0.15, -0.1) is 0 Å². The molecule has 94 valence electrons. The molecule has 0 saturated heterocycles. The minimum atomic E-state index is -0.957. The lowest BCUT2D eigenvalue weighted by Gasteiger charge is -2.21. The summed E-state index contributed by atoms with van der Waals surface area (Å²) in [5, 5.41) is 8.75. The van der Waals surface area contributed by atoms with Crippen molar-refractivity contribution in [3.8, 4) is 0 Å². The van der Waals surface area contributed by atoms with E-state index in [0.717, 1.165) is 19.3 Å². The van der Waals surface area contributed by atoms with Gasteiger partial charge >= 0.3 is 5.97 Å². The lowest BCUT2D eigenvalue weighted by molar-refractivity contribution is -0.148. The number of nitrogens with zero attached hydrogens (tertiary/aromatic N) is 1. The van der Waals surface area contributed by atoms with E-state index in [1.54, 1.807) is 7.05 Å². The molecule has 0 aromatic heterocycles. The lowest BCUT2D eigenvalue weighted by atomic mass is 10.1. The molecule has 0 saturated carbocycles. The number of likely N-dealkylation sites (N-methyl/N-ethyl adjacent to an activating group) is 1. The van der Waals surface area contributed by atoms with Crippen LogP contribution in [0.1, 0.15) is 52.4 Å². The standard InChI is InChI=1S/C12H23NO3/c1-4-5-6-7-8-9-11(14)13(3)10(2)12(15)16/h10H,4-9H2,1-3H3,(H,15,16). The summed E-state index contributed by atoms with van der Waals surface area (Å²) in [4.78, 5) is 23.6. The van der Waals surface area contributed by atoms with Gasteiger partial charge in [-0.2, -0.15) is 0 Å². The normalized spacial score (nSPS) is 12.2. The van der Waals surface area contributed by atoms with Crippen molar-refractivity contribution in [2.75, 3.05) is 7.05 Å². The Labute approximate surface area is 97.6 Å². The Morgan fingerprint density at radius 2 is 1.75 bits per heavy atom. The van der Waals surface area contributed by atoms with E-state index in [0.29, 0.717) is 6.42 Å². The molecule has 0 aliphatic carbocycles. The highest BCUT2D eigenvalue weighted by atomic mass is 16.4. The summed E-state index contributed by atoms with van der Waals surface area (Å²) in [5.74, 6) is -1.03. The van der Waals surface area contributed by atoms with E-state index >= 15 is 0 Å². The summed E-state index contributed by atoms with van der Waals surface area (Å²) in [6.45, 7) is 3.67. The minimum absolute atomic E-state index is 0.0774. The minimum Gasteiger partial charge on any atom is -0.480 e. The highest BCUT2D eigenvalue weighted by molar-refractivity contribution is 5.83. The van der Waals surface area contributed by atoms with E-state index in [-0.39, 0.29) is 5.91 Å². The topological polar surface area (TPSA) is 57.6 Å². The number of unbranched alkanes of at least 4 members (excludes halogenated alkanes) is 4. The smallest absolute Gasteiger partial charge is 0.326 e. The molecular formula is C12H23NO3. The Hall–Kier alpha value is -1.06. The van der Waals surface area contributed by atoms with Crippen LogP contribution in [0.3, 0.4) is 0 Å². The Morgan fingerprint density at radius 1 is 1.19 bits per heavy atom. The fourth-order valence-electron chi connectivity index (χ4n) is 1.44. The third-order valence-electron chi connectivity index (χ3n) is 2.83. The molecule has 4 nitrogen and oxygen atoms in total. The Kier molecular flexibility index (Phi) is 7.60. The van der Waals surface area contributed by atoms with E-state index in [9.17, 15) is 9.59 Å². The van der Waals surface area contributed by atoms with Crippen molar-refractivity contribution in [3.05, 3.63) is 0 Å². The van der Waals surface area contributed by atoms with Gasteiger partial charge in [-0.1, -0.05) is 32.6 Å². The molecule has 0 aromatic carbocycles. The molecule has 1 amide bonds. The average Bonchev–Trinajstić information content (AvgIpc) is 2.26. The zero-order chi connectivity index (χ0) is 12.6. The first-order valence-corrected chi connectivity index (χ1v) is 5.99. The SMILES string of the molecule is CCCCCCCC(=O)N(C)C(C)C(=O)O. The molecular weight excluding hydrogens is 206 g/mol. The van der Waals surface area contributed by atoms with Gasteiger partial charge in [0.05, 0.1) is 0 Å². The molecule has 16 heavy (non-hydrogen) atoms. The van der Waals surface area contributed by atoms with Crippen LogP contribution < -0.4 is 0 Å². The van der Waals surface area contributed by atoms with Gasteiger partial charge in [0.25, 0.3) is 0 Å². The van der Waals surface area contributed by atoms with Gasteiger partial charge in [0.1, 0.15) is 6.04 Å². The van der Waals surface area contributed by atoms with Crippen molar-refractivity contribution in [2.24, 2.45) is 0 Å². The first-order chi connectivity index (χ1) is 7.50. The Bertz CT molecular complexity index is 228. The largest absolute Gasteiger partial charge is 0.480 e. The first kappa shape index (κ1) is 14.9. The molecule has 0 aliphatic heterocycles. The molecule has 0 rings (SSSR count). The molecule has 1 atom stereocenters. The van der Waals surface area contributed by atoms with Gasteiger partial charge < -0.3 is 10.0 Å². The fraction of sp³-hybridized carbons (Fsp3) is 0.833. The van der Waals surface area contributed by atoms with Crippen LogP contribution in [0.2, 0.25) is 0 Å². The molecule has 0 aromatic rings. The molecule has 0 aliphatic rings. The van der Waals surface area contributed by atoms with Gasteiger partial charge in [0, 0.05) is 13.5 Å². The first-order valence-electron chi connectivity index (χ1n) is 5.99. The maximum absolute atomic E-state index is 11.6. The maximum Gasteiger partial charge on any atom is 0.326 e. The van der Waals surface area contributed by atoms with Gasteiger partial charge in [-0.05, 0) is 13.3 Å². The summed E-state index contributed by atoms with van der Waals surface area (Å²) in [6.07, 6.45) is 5.91. The molecule has 0 bridgehead atoms. The summed E-state index contributed by atoms with van der Waals surface area (Å²) >= 11 is 0. The van der Waals surface area contributed by atoms with E-state index < -0.39 is 12.0 Å². The van der Waals surface area contributed by atoms with Gasteiger partial charge in [-0.25, -0.2) is 4.79 Å². The summed E-state index contributed by atoms with van der Waals surface area (Å²) < 4.78 is 0. The highest BCUT2D eigenvalue weighted by Gasteiger charge is 2.20. The van der Waals surface area contributed by atoms with E-state index in [4.69, 9.17) is 5.11 Å². The van der Waals surface area contributed by atoms with Crippen molar-refractivity contribution in [1.29, 1.82) is 0 Å². The van der Waals surface area contributed by atoms with Crippen LogP contribution in [-0.4, -0.2) is 35.0 Å². The highest BCUT2D eigenvalue weighted by Crippen LogP contribution is 2.07. The second kappa shape index (κ2) is 8.13. The van der Waals surface area contributed by atoms with Crippen LogP contribution in [-0.2, 0) is 9.59 Å². The Morgan fingerprint density at radius 3 is 2.25 bits per heavy atom. The summed E-state index contributed by atoms with van der Waals surface area (Å²) in [6, 6.07) is -0.733. The second-order valence-corrected chi connectivity index (χ2v) is 4.18. The van der Waals surface area contributed by atoms with Gasteiger partial charge in [0.2, 0.25) is 5.91 Å². The van der Waals surface area contributed by atoms with E-state index in [1.807, 2.05) is 0 Å². The molecule has 1 N–H and O–H groups in total. The zero-order valence-corrected chi connectivity index (χ0v) is 10.5. The number of carbonyl (C=O) groups is 2. The lowest BCUT2D eigenvalue weighted by Crippen LogP contribution is -2.40. The third-order valence-corrected chi connectivity index (χ3v) is 2.83. The number of hydrogen-bond acceptors (Lipinski definition) is 2. The van der Waals surface area contributed by atoms with Crippen molar-refractivity contribution in [3.63, 3.8) is 0 Å². The van der Waals surface area contributed by atoms with Gasteiger partial charge in [-0.3, -0.25) is 4.79 Å². The third kappa shape index (κ3) is 5.73. The molecule has 0 heterocycles. The molecule has 0 spiro atoms. The maximum atomic E-state index is 11.6. The number of carboxylic acid groups (broad SMARTS) is 1. The van der Waals surface area contributed by atoms with Crippen LogP contribution >= 0.6 is 0 Å². The summed E-state index contributed by atoms with van der Waals surface area (Å²) in [5.41, 5.74) is 0. The number of rotatable bonds is 8. The van der Waals surface area contributed by atoms with Crippen molar-refractivity contribution in [2.45, 2.75) is 58.4 Å². The predicted molar refractivity (Wildman–Crippen MR) is 63.2 cm³/mol. The van der Waals surface area contributed by atoms with Gasteiger partial charge in [0.15, 0.2) is 0 Å². The monoisotopic (exact) mass is 229 g/mol.